The van der Waals surface area contributed by atoms with Gasteiger partial charge in [0.15, 0.2) is 0 Å². The highest BCUT2D eigenvalue weighted by Gasteiger charge is 2.60. The molecular weight excluding hydrogens is 462 g/mol. The van der Waals surface area contributed by atoms with E-state index < -0.39 is 17.2 Å². The largest absolute Gasteiger partial charge is 0.444 e. The van der Waals surface area contributed by atoms with Crippen molar-refractivity contribution in [3.05, 3.63) is 59.7 Å². The minimum absolute atomic E-state index is 0.101. The maximum Gasteiger partial charge on any atom is 0.410 e. The second kappa shape index (κ2) is 11.7. The SMILES string of the molecule is CCC[C@@H]1C(Cc2cc(F)cc(-c3ccccc3)c2F)N(C(=O)OC(C)(C)C)CC12CC2.C[B]CF. The third kappa shape index (κ3) is 6.66. The molecule has 2 fully saturated rings. The Labute approximate surface area is 214 Å². The lowest BCUT2D eigenvalue weighted by Crippen LogP contribution is -2.42. The molecule has 0 aromatic heterocycles. The van der Waals surface area contributed by atoms with Crippen LogP contribution in [0.5, 0.6) is 0 Å². The number of carbonyl (C=O) groups is 1. The fourth-order valence-electron chi connectivity index (χ4n) is 5.32. The molecule has 1 spiro atoms. The van der Waals surface area contributed by atoms with Gasteiger partial charge in [0.2, 0.25) is 0 Å². The van der Waals surface area contributed by atoms with Crippen LogP contribution in [0.4, 0.5) is 18.0 Å². The van der Waals surface area contributed by atoms with E-state index in [-0.39, 0.29) is 42.0 Å². The average Bonchev–Trinajstić information content (AvgIpc) is 3.55. The molecule has 1 aliphatic heterocycles. The Bertz CT molecular complexity index is 1020. The monoisotopic (exact) mass is 500 g/mol. The summed E-state index contributed by atoms with van der Waals surface area (Å²) in [5.41, 5.74) is 0.719. The van der Waals surface area contributed by atoms with E-state index in [0.717, 1.165) is 25.7 Å². The molecule has 2 atom stereocenters. The van der Waals surface area contributed by atoms with E-state index in [1.807, 2.05) is 39.0 Å². The molecule has 1 saturated heterocycles. The lowest BCUT2D eigenvalue weighted by molar-refractivity contribution is 0.0203. The number of hydrogen-bond acceptors (Lipinski definition) is 2. The van der Waals surface area contributed by atoms with Gasteiger partial charge in [0.05, 0.1) is 6.57 Å². The second-order valence-corrected chi connectivity index (χ2v) is 11.0. The van der Waals surface area contributed by atoms with Gasteiger partial charge < -0.3 is 9.64 Å². The van der Waals surface area contributed by atoms with Crippen molar-refractivity contribution in [1.82, 2.24) is 4.90 Å². The summed E-state index contributed by atoms with van der Waals surface area (Å²) >= 11 is 0. The normalized spacial score (nSPS) is 20.1. The summed E-state index contributed by atoms with van der Waals surface area (Å²) in [5, 5.41) is 0. The highest BCUT2D eigenvalue weighted by molar-refractivity contribution is 6.33. The van der Waals surface area contributed by atoms with E-state index in [2.05, 4.69) is 6.92 Å². The average molecular weight is 500 g/mol. The number of alkyl halides is 1. The molecule has 2 aromatic rings. The van der Waals surface area contributed by atoms with E-state index in [1.165, 1.54) is 19.4 Å². The molecule has 1 heterocycles. The zero-order valence-electron chi connectivity index (χ0n) is 22.1. The molecule has 2 aliphatic rings. The van der Waals surface area contributed by atoms with Crippen LogP contribution in [0.2, 0.25) is 6.82 Å². The first-order chi connectivity index (χ1) is 17.0. The number of rotatable bonds is 6. The van der Waals surface area contributed by atoms with Gasteiger partial charge in [-0.2, -0.15) is 0 Å². The maximum absolute atomic E-state index is 15.6. The molecule has 1 unspecified atom stereocenters. The first-order valence-electron chi connectivity index (χ1n) is 12.9. The predicted molar refractivity (Wildman–Crippen MR) is 140 cm³/mol. The van der Waals surface area contributed by atoms with Crippen molar-refractivity contribution in [2.75, 3.05) is 13.1 Å². The molecule has 1 saturated carbocycles. The first-order valence-corrected chi connectivity index (χ1v) is 12.9. The van der Waals surface area contributed by atoms with E-state index >= 15 is 4.39 Å². The van der Waals surface area contributed by atoms with Gasteiger partial charge in [0.25, 0.3) is 0 Å². The Morgan fingerprint density at radius 3 is 2.33 bits per heavy atom. The second-order valence-electron chi connectivity index (χ2n) is 11.0. The van der Waals surface area contributed by atoms with Crippen molar-refractivity contribution in [3.63, 3.8) is 0 Å². The van der Waals surface area contributed by atoms with Crippen LogP contribution in [0.15, 0.2) is 42.5 Å². The first kappa shape index (κ1) is 28.1. The van der Waals surface area contributed by atoms with Crippen molar-refractivity contribution >= 4 is 13.4 Å². The highest BCUT2D eigenvalue weighted by atomic mass is 19.1. The molecule has 1 radical (unpaired) electrons. The van der Waals surface area contributed by atoms with Crippen LogP contribution < -0.4 is 0 Å². The summed E-state index contributed by atoms with van der Waals surface area (Å²) in [6.07, 6.45) is 4.04. The number of benzene rings is 2. The molecule has 3 nitrogen and oxygen atoms in total. The summed E-state index contributed by atoms with van der Waals surface area (Å²) in [6, 6.07) is 11.4. The van der Waals surface area contributed by atoms with Gasteiger partial charge in [-0.15, -0.1) is 0 Å². The molecule has 1 amide bonds. The zero-order valence-corrected chi connectivity index (χ0v) is 22.1. The van der Waals surface area contributed by atoms with Crippen LogP contribution in [0, 0.1) is 23.0 Å². The van der Waals surface area contributed by atoms with Crippen molar-refractivity contribution in [3.8, 4) is 11.1 Å². The van der Waals surface area contributed by atoms with E-state index in [4.69, 9.17) is 4.74 Å². The third-order valence-corrected chi connectivity index (χ3v) is 7.04. The zero-order chi connectivity index (χ0) is 26.5. The molecule has 4 rings (SSSR count). The fourth-order valence-corrected chi connectivity index (χ4v) is 5.32. The van der Waals surface area contributed by atoms with Gasteiger partial charge in [-0.3, -0.25) is 4.39 Å². The van der Waals surface area contributed by atoms with Crippen molar-refractivity contribution < 1.29 is 22.7 Å². The van der Waals surface area contributed by atoms with Crippen molar-refractivity contribution in [2.45, 2.75) is 78.3 Å². The maximum atomic E-state index is 15.6. The van der Waals surface area contributed by atoms with Crippen LogP contribution in [0.25, 0.3) is 11.1 Å². The Morgan fingerprint density at radius 1 is 1.17 bits per heavy atom. The number of ether oxygens (including phenoxy) is 1. The summed E-state index contributed by atoms with van der Waals surface area (Å²) in [6.45, 7) is 9.71. The number of likely N-dealkylation sites (tertiary alicyclic amines) is 1. The van der Waals surface area contributed by atoms with Crippen LogP contribution in [0.1, 0.15) is 58.9 Å². The third-order valence-electron chi connectivity index (χ3n) is 7.04. The molecular formula is C29H38BF3NO2. The van der Waals surface area contributed by atoms with E-state index in [1.54, 1.807) is 23.9 Å². The lowest BCUT2D eigenvalue weighted by Gasteiger charge is -2.31. The van der Waals surface area contributed by atoms with Gasteiger partial charge in [-0.05, 0) is 81.0 Å². The Morgan fingerprint density at radius 2 is 1.81 bits per heavy atom. The van der Waals surface area contributed by atoms with Gasteiger partial charge >= 0.3 is 6.09 Å². The predicted octanol–water partition coefficient (Wildman–Crippen LogP) is 7.66. The summed E-state index contributed by atoms with van der Waals surface area (Å²) in [5.74, 6) is -0.605. The molecule has 0 bridgehead atoms. The minimum Gasteiger partial charge on any atom is -0.444 e. The Kier molecular flexibility index (Phi) is 9.18. The van der Waals surface area contributed by atoms with Gasteiger partial charge in [0.1, 0.15) is 24.5 Å². The van der Waals surface area contributed by atoms with Crippen LogP contribution in [-0.2, 0) is 11.2 Å². The van der Waals surface area contributed by atoms with Gasteiger partial charge in [-0.1, -0.05) is 50.5 Å². The molecule has 195 valence electrons. The van der Waals surface area contributed by atoms with Crippen molar-refractivity contribution in [1.29, 1.82) is 0 Å². The van der Waals surface area contributed by atoms with E-state index in [9.17, 15) is 13.6 Å². The molecule has 36 heavy (non-hydrogen) atoms. The molecule has 1 aliphatic carbocycles. The lowest BCUT2D eigenvalue weighted by atomic mass is 9.81. The molecule has 2 aromatic carbocycles. The number of carbonyl (C=O) groups excluding carboxylic acids is 1. The number of nitrogens with zero attached hydrogens (tertiary/aromatic N) is 1. The van der Waals surface area contributed by atoms with Gasteiger partial charge in [0, 0.05) is 18.2 Å². The fraction of sp³-hybridized carbons (Fsp3) is 0.552. The Hall–Kier alpha value is -2.44. The topological polar surface area (TPSA) is 29.5 Å². The van der Waals surface area contributed by atoms with Crippen molar-refractivity contribution in [2.24, 2.45) is 11.3 Å². The van der Waals surface area contributed by atoms with Crippen LogP contribution in [0.3, 0.4) is 0 Å². The van der Waals surface area contributed by atoms with E-state index in [0.29, 0.717) is 17.7 Å². The smallest absolute Gasteiger partial charge is 0.410 e. The highest BCUT2D eigenvalue weighted by Crippen LogP contribution is 2.60. The number of amides is 1. The number of halogens is 3. The molecule has 0 N–H and O–H groups in total. The van der Waals surface area contributed by atoms with Crippen LogP contribution in [-0.4, -0.2) is 43.0 Å². The standard InChI is InChI=1S/C27H33F2NO2.C2H5BF/c1-5-9-22-23(30(17-27(22)12-13-27)25(31)32-26(2,3)4)15-19-14-20(28)16-21(24(19)29)18-10-7-6-8-11-18;1-3-2-4/h6-8,10-11,14,16,22-23H,5,9,12-13,15,17H2,1-4H3;2H2,1H3/t22-,23?;/m1./s1. The summed E-state index contributed by atoms with van der Waals surface area (Å²) < 4.78 is 46.6. The Balaban J connectivity index is 0.000000840. The van der Waals surface area contributed by atoms with Crippen LogP contribution >= 0.6 is 0 Å². The summed E-state index contributed by atoms with van der Waals surface area (Å²) in [4.78, 5) is 14.9. The number of hydrogen-bond donors (Lipinski definition) is 0. The minimum atomic E-state index is -0.605. The van der Waals surface area contributed by atoms with Gasteiger partial charge in [-0.25, -0.2) is 13.6 Å². The molecule has 7 heteroatoms. The summed E-state index contributed by atoms with van der Waals surface area (Å²) in [7, 11) is 1.46. The quantitative estimate of drug-likeness (QED) is 0.381.